The molecule has 162 valence electrons. The summed E-state index contributed by atoms with van der Waals surface area (Å²) in [5, 5.41) is 11.2. The van der Waals surface area contributed by atoms with E-state index in [2.05, 4.69) is 22.8 Å². The lowest BCUT2D eigenvalue weighted by molar-refractivity contribution is 0.0653. The van der Waals surface area contributed by atoms with Gasteiger partial charge in [0.15, 0.2) is 11.5 Å². The number of benzene rings is 2. The first-order valence-corrected chi connectivity index (χ1v) is 10.7. The lowest BCUT2D eigenvalue weighted by atomic mass is 10.1. The maximum Gasteiger partial charge on any atom is 0.161 e. The van der Waals surface area contributed by atoms with Crippen LogP contribution in [0.25, 0.3) is 6.08 Å². The molecule has 2 aromatic rings. The summed E-state index contributed by atoms with van der Waals surface area (Å²) in [7, 11) is 1.62. The van der Waals surface area contributed by atoms with Gasteiger partial charge >= 0.3 is 0 Å². The zero-order valence-electron chi connectivity index (χ0n) is 18.0. The van der Waals surface area contributed by atoms with Gasteiger partial charge in [0.05, 0.1) is 7.11 Å². The van der Waals surface area contributed by atoms with Crippen LogP contribution in [-0.4, -0.2) is 62.6 Å². The van der Waals surface area contributed by atoms with Crippen molar-refractivity contribution in [1.29, 1.82) is 0 Å². The number of aryl methyl sites for hydroxylation is 1. The van der Waals surface area contributed by atoms with Gasteiger partial charge in [-0.1, -0.05) is 35.9 Å². The number of aliphatic hydroxyl groups is 1. The van der Waals surface area contributed by atoms with Crippen LogP contribution in [0.4, 0.5) is 5.69 Å². The molecular weight excluding hydrogens is 400 g/mol. The largest absolute Gasteiger partial charge is 0.493 e. The summed E-state index contributed by atoms with van der Waals surface area (Å²) in [4.78, 5) is 4.63. The van der Waals surface area contributed by atoms with Crippen molar-refractivity contribution < 1.29 is 14.6 Å². The van der Waals surface area contributed by atoms with Gasteiger partial charge in [0.1, 0.15) is 12.7 Å². The Labute approximate surface area is 184 Å². The van der Waals surface area contributed by atoms with Crippen LogP contribution in [0.3, 0.4) is 0 Å². The van der Waals surface area contributed by atoms with Crippen LogP contribution in [0.15, 0.2) is 42.5 Å². The molecule has 0 saturated carbocycles. The van der Waals surface area contributed by atoms with E-state index >= 15 is 0 Å². The number of hydrogen-bond acceptors (Lipinski definition) is 5. The number of rotatable bonds is 8. The van der Waals surface area contributed by atoms with E-state index in [0.717, 1.165) is 36.8 Å². The summed E-state index contributed by atoms with van der Waals surface area (Å²) >= 11 is 6.17. The van der Waals surface area contributed by atoms with Crippen molar-refractivity contribution in [1.82, 2.24) is 4.90 Å². The molecule has 0 bridgehead atoms. The third-order valence-electron chi connectivity index (χ3n) is 5.33. The SMILES string of the molecule is C/C=C/c1ccc(OCC(O)CN2CCN(c3cc(Cl)ccc3C)CC2)c(OC)c1. The number of allylic oxidation sites excluding steroid dienone is 1. The van der Waals surface area contributed by atoms with Gasteiger partial charge in [0.25, 0.3) is 0 Å². The number of ether oxygens (including phenoxy) is 2. The Kier molecular flexibility index (Phi) is 8.02. The van der Waals surface area contributed by atoms with Crippen LogP contribution in [0.5, 0.6) is 11.5 Å². The molecule has 6 heteroatoms. The lowest BCUT2D eigenvalue weighted by Crippen LogP contribution is -2.49. The minimum absolute atomic E-state index is 0.229. The smallest absolute Gasteiger partial charge is 0.161 e. The normalized spacial score (nSPS) is 16.1. The fourth-order valence-electron chi connectivity index (χ4n) is 3.73. The van der Waals surface area contributed by atoms with Crippen molar-refractivity contribution in [2.45, 2.75) is 20.0 Å². The summed E-state index contributed by atoms with van der Waals surface area (Å²) in [6.07, 6.45) is 3.42. The average molecular weight is 431 g/mol. The molecule has 0 aliphatic carbocycles. The van der Waals surface area contributed by atoms with Gasteiger partial charge in [-0.25, -0.2) is 0 Å². The van der Waals surface area contributed by atoms with Crippen LogP contribution in [0.2, 0.25) is 5.02 Å². The molecule has 1 unspecified atom stereocenters. The van der Waals surface area contributed by atoms with Gasteiger partial charge in [0.2, 0.25) is 0 Å². The second-order valence-electron chi connectivity index (χ2n) is 7.59. The quantitative estimate of drug-likeness (QED) is 0.678. The van der Waals surface area contributed by atoms with Gasteiger partial charge in [-0.15, -0.1) is 0 Å². The Morgan fingerprint density at radius 2 is 1.87 bits per heavy atom. The highest BCUT2D eigenvalue weighted by molar-refractivity contribution is 6.30. The van der Waals surface area contributed by atoms with E-state index in [1.54, 1.807) is 7.11 Å². The monoisotopic (exact) mass is 430 g/mol. The fourth-order valence-corrected chi connectivity index (χ4v) is 3.90. The van der Waals surface area contributed by atoms with Crippen LogP contribution in [-0.2, 0) is 0 Å². The Balaban J connectivity index is 1.48. The van der Waals surface area contributed by atoms with Gasteiger partial charge in [0, 0.05) is 43.4 Å². The van der Waals surface area contributed by atoms with Gasteiger partial charge in [-0.2, -0.15) is 0 Å². The lowest BCUT2D eigenvalue weighted by Gasteiger charge is -2.37. The van der Waals surface area contributed by atoms with E-state index in [4.69, 9.17) is 21.1 Å². The van der Waals surface area contributed by atoms with Gasteiger partial charge in [-0.05, 0) is 49.2 Å². The highest BCUT2D eigenvalue weighted by Crippen LogP contribution is 2.29. The zero-order chi connectivity index (χ0) is 21.5. The third-order valence-corrected chi connectivity index (χ3v) is 5.57. The summed E-state index contributed by atoms with van der Waals surface area (Å²) in [6.45, 7) is 8.51. The average Bonchev–Trinajstić information content (AvgIpc) is 2.75. The maximum atomic E-state index is 10.5. The van der Waals surface area contributed by atoms with Crippen LogP contribution < -0.4 is 14.4 Å². The number of hydrogen-bond donors (Lipinski definition) is 1. The van der Waals surface area contributed by atoms with Crippen LogP contribution in [0, 0.1) is 6.92 Å². The van der Waals surface area contributed by atoms with Crippen molar-refractivity contribution >= 4 is 23.4 Å². The minimum Gasteiger partial charge on any atom is -0.493 e. The van der Waals surface area contributed by atoms with Crippen molar-refractivity contribution in [2.24, 2.45) is 0 Å². The number of β-amino-alcohol motifs (C(OH)–C–C–N with tert-alkyl or cyclic N) is 1. The predicted octanol–water partition coefficient (Wildman–Crippen LogP) is 4.25. The Hall–Kier alpha value is -2.21. The molecule has 1 N–H and O–H groups in total. The van der Waals surface area contributed by atoms with Crippen molar-refractivity contribution in [3.05, 3.63) is 58.6 Å². The van der Waals surface area contributed by atoms with Crippen LogP contribution >= 0.6 is 11.6 Å². The summed E-state index contributed by atoms with van der Waals surface area (Å²) < 4.78 is 11.3. The molecule has 0 radical (unpaired) electrons. The van der Waals surface area contributed by atoms with E-state index in [0.29, 0.717) is 18.0 Å². The highest BCUT2D eigenvalue weighted by atomic mass is 35.5. The molecule has 1 atom stereocenters. The summed E-state index contributed by atoms with van der Waals surface area (Å²) in [6, 6.07) is 11.8. The Morgan fingerprint density at radius 1 is 1.10 bits per heavy atom. The highest BCUT2D eigenvalue weighted by Gasteiger charge is 2.21. The molecule has 0 aromatic heterocycles. The number of halogens is 1. The molecular formula is C24H31ClN2O3. The molecule has 1 aliphatic heterocycles. The number of piperazine rings is 1. The standard InChI is InChI=1S/C24H31ClN2O3/c1-4-5-19-7-9-23(24(14-19)29-3)30-17-21(28)16-26-10-12-27(13-11-26)22-15-20(25)8-6-18(22)2/h4-9,14-15,21,28H,10-13,16-17H2,1-3H3/b5-4+. The number of nitrogens with zero attached hydrogens (tertiary/aromatic N) is 2. The number of aliphatic hydroxyl groups excluding tert-OH is 1. The molecule has 3 rings (SSSR count). The van der Waals surface area contributed by atoms with E-state index in [9.17, 15) is 5.11 Å². The van der Waals surface area contributed by atoms with E-state index in [1.807, 2.05) is 49.4 Å². The second-order valence-corrected chi connectivity index (χ2v) is 8.03. The first-order valence-electron chi connectivity index (χ1n) is 10.3. The molecule has 0 amide bonds. The molecule has 2 aromatic carbocycles. The Morgan fingerprint density at radius 3 is 2.57 bits per heavy atom. The summed E-state index contributed by atoms with van der Waals surface area (Å²) in [5.74, 6) is 1.31. The van der Waals surface area contributed by atoms with E-state index < -0.39 is 6.10 Å². The second kappa shape index (κ2) is 10.7. The van der Waals surface area contributed by atoms with Crippen LogP contribution in [0.1, 0.15) is 18.1 Å². The predicted molar refractivity (Wildman–Crippen MR) is 124 cm³/mol. The molecule has 1 heterocycles. The van der Waals surface area contributed by atoms with Crippen molar-refractivity contribution in [3.63, 3.8) is 0 Å². The first kappa shape index (κ1) is 22.5. The molecule has 1 fully saturated rings. The maximum absolute atomic E-state index is 10.5. The van der Waals surface area contributed by atoms with Gasteiger partial charge < -0.3 is 19.5 Å². The number of methoxy groups -OCH3 is 1. The zero-order valence-corrected chi connectivity index (χ0v) is 18.7. The van der Waals surface area contributed by atoms with Crippen molar-refractivity contribution in [3.8, 4) is 11.5 Å². The molecule has 0 spiro atoms. The molecule has 5 nitrogen and oxygen atoms in total. The Bertz CT molecular complexity index is 864. The fraction of sp³-hybridized carbons (Fsp3) is 0.417. The van der Waals surface area contributed by atoms with E-state index in [-0.39, 0.29) is 6.61 Å². The molecule has 1 saturated heterocycles. The third kappa shape index (κ3) is 5.91. The number of anilines is 1. The molecule has 1 aliphatic rings. The minimum atomic E-state index is -0.565. The van der Waals surface area contributed by atoms with E-state index in [1.165, 1.54) is 11.3 Å². The topological polar surface area (TPSA) is 45.2 Å². The van der Waals surface area contributed by atoms with Crippen molar-refractivity contribution in [2.75, 3.05) is 51.3 Å². The van der Waals surface area contributed by atoms with Gasteiger partial charge in [-0.3, -0.25) is 4.90 Å². The first-order chi connectivity index (χ1) is 14.5. The molecule has 30 heavy (non-hydrogen) atoms. The summed E-state index contributed by atoms with van der Waals surface area (Å²) in [5.41, 5.74) is 3.48.